The molecule has 0 bridgehead atoms. The number of hydrogen-bond acceptors (Lipinski definition) is 4. The van der Waals surface area contributed by atoms with Crippen molar-refractivity contribution in [2.75, 3.05) is 32.9 Å². The number of rotatable bonds is 5. The normalized spacial score (nSPS) is 26.6. The number of amides is 1. The molecule has 132 valence electrons. The van der Waals surface area contributed by atoms with E-state index >= 15 is 0 Å². The summed E-state index contributed by atoms with van der Waals surface area (Å²) in [5.41, 5.74) is 6.22. The van der Waals surface area contributed by atoms with Crippen molar-refractivity contribution in [2.24, 2.45) is 17.6 Å². The standard InChI is InChI=1S/C18H32N2O3/c19-17(15-7-11-22-12-8-15)18(21)20-9-5-16(6-10-20)23-13-14-3-1-2-4-14/h14-17H,1-13,19H2. The Morgan fingerprint density at radius 2 is 1.74 bits per heavy atom. The van der Waals surface area contributed by atoms with Gasteiger partial charge in [-0.3, -0.25) is 4.79 Å². The van der Waals surface area contributed by atoms with Gasteiger partial charge >= 0.3 is 0 Å². The lowest BCUT2D eigenvalue weighted by molar-refractivity contribution is -0.137. The summed E-state index contributed by atoms with van der Waals surface area (Å²) in [6.45, 7) is 3.99. The predicted molar refractivity (Wildman–Crippen MR) is 89.0 cm³/mol. The fourth-order valence-electron chi connectivity index (χ4n) is 4.18. The number of carbonyl (C=O) groups is 1. The van der Waals surface area contributed by atoms with Crippen molar-refractivity contribution in [3.63, 3.8) is 0 Å². The highest BCUT2D eigenvalue weighted by Gasteiger charge is 2.32. The number of hydrogen-bond donors (Lipinski definition) is 1. The Hall–Kier alpha value is -0.650. The summed E-state index contributed by atoms with van der Waals surface area (Å²) in [6.07, 6.45) is 9.46. The molecule has 1 aliphatic carbocycles. The highest BCUT2D eigenvalue weighted by molar-refractivity contribution is 5.82. The summed E-state index contributed by atoms with van der Waals surface area (Å²) in [4.78, 5) is 14.5. The lowest BCUT2D eigenvalue weighted by atomic mass is 9.91. The van der Waals surface area contributed by atoms with Crippen LogP contribution in [0.2, 0.25) is 0 Å². The molecule has 0 aromatic rings. The average molecular weight is 324 g/mol. The molecule has 0 radical (unpaired) electrons. The minimum atomic E-state index is -0.352. The Bertz CT molecular complexity index is 370. The van der Waals surface area contributed by atoms with Crippen LogP contribution in [0.25, 0.3) is 0 Å². The van der Waals surface area contributed by atoms with Gasteiger partial charge in [0, 0.05) is 32.9 Å². The second-order valence-electron chi connectivity index (χ2n) is 7.48. The summed E-state index contributed by atoms with van der Waals surface area (Å²) >= 11 is 0. The third-order valence-electron chi connectivity index (χ3n) is 5.86. The molecular formula is C18H32N2O3. The van der Waals surface area contributed by atoms with Crippen LogP contribution < -0.4 is 5.73 Å². The molecule has 5 heteroatoms. The summed E-state index contributed by atoms with van der Waals surface area (Å²) in [5, 5.41) is 0. The van der Waals surface area contributed by atoms with Gasteiger partial charge in [-0.15, -0.1) is 0 Å². The lowest BCUT2D eigenvalue weighted by Crippen LogP contribution is -2.51. The van der Waals surface area contributed by atoms with Gasteiger partial charge in [0.2, 0.25) is 5.91 Å². The van der Waals surface area contributed by atoms with Crippen molar-refractivity contribution >= 4 is 5.91 Å². The Labute approximate surface area is 139 Å². The number of nitrogens with two attached hydrogens (primary N) is 1. The van der Waals surface area contributed by atoms with E-state index in [-0.39, 0.29) is 17.9 Å². The van der Waals surface area contributed by atoms with E-state index in [9.17, 15) is 4.79 Å². The van der Waals surface area contributed by atoms with E-state index in [1.54, 1.807) is 0 Å². The van der Waals surface area contributed by atoms with Crippen molar-refractivity contribution < 1.29 is 14.3 Å². The highest BCUT2D eigenvalue weighted by atomic mass is 16.5. The first-order chi connectivity index (χ1) is 11.2. The smallest absolute Gasteiger partial charge is 0.239 e. The maximum Gasteiger partial charge on any atom is 0.239 e. The largest absolute Gasteiger partial charge is 0.381 e. The number of piperidine rings is 1. The first-order valence-electron chi connectivity index (χ1n) is 9.47. The maximum absolute atomic E-state index is 12.6. The average Bonchev–Trinajstić information content (AvgIpc) is 3.13. The second-order valence-corrected chi connectivity index (χ2v) is 7.48. The Morgan fingerprint density at radius 1 is 1.09 bits per heavy atom. The Kier molecular flexibility index (Phi) is 6.31. The van der Waals surface area contributed by atoms with Crippen LogP contribution in [0.1, 0.15) is 51.4 Å². The van der Waals surface area contributed by atoms with Gasteiger partial charge in [0.15, 0.2) is 0 Å². The van der Waals surface area contributed by atoms with E-state index in [1.807, 2.05) is 4.90 Å². The van der Waals surface area contributed by atoms with Crippen LogP contribution in [-0.4, -0.2) is 55.9 Å². The van der Waals surface area contributed by atoms with Crippen LogP contribution in [0.5, 0.6) is 0 Å². The SMILES string of the molecule is NC(C(=O)N1CCC(OCC2CCCC2)CC1)C1CCOCC1. The van der Waals surface area contributed by atoms with Crippen LogP contribution in [0, 0.1) is 11.8 Å². The molecule has 1 amide bonds. The van der Waals surface area contributed by atoms with Crippen molar-refractivity contribution in [3.05, 3.63) is 0 Å². The van der Waals surface area contributed by atoms with Crippen molar-refractivity contribution in [1.29, 1.82) is 0 Å². The van der Waals surface area contributed by atoms with E-state index in [1.165, 1.54) is 25.7 Å². The number of likely N-dealkylation sites (tertiary alicyclic amines) is 1. The molecule has 1 unspecified atom stereocenters. The minimum Gasteiger partial charge on any atom is -0.381 e. The zero-order valence-corrected chi connectivity index (χ0v) is 14.3. The van der Waals surface area contributed by atoms with Crippen molar-refractivity contribution in [3.8, 4) is 0 Å². The molecule has 3 rings (SSSR count). The molecule has 5 nitrogen and oxygen atoms in total. The number of ether oxygens (including phenoxy) is 2. The van der Waals surface area contributed by atoms with Gasteiger partial charge in [0.25, 0.3) is 0 Å². The van der Waals surface area contributed by atoms with Crippen LogP contribution in [0.4, 0.5) is 0 Å². The topological polar surface area (TPSA) is 64.8 Å². The lowest BCUT2D eigenvalue weighted by Gasteiger charge is -2.36. The van der Waals surface area contributed by atoms with Gasteiger partial charge < -0.3 is 20.1 Å². The molecule has 1 atom stereocenters. The monoisotopic (exact) mass is 324 g/mol. The molecule has 2 saturated heterocycles. The molecule has 0 spiro atoms. The van der Waals surface area contributed by atoms with Crippen LogP contribution >= 0.6 is 0 Å². The predicted octanol–water partition coefficient (Wildman–Crippen LogP) is 1.94. The van der Waals surface area contributed by atoms with Gasteiger partial charge in [-0.25, -0.2) is 0 Å². The molecule has 3 aliphatic rings. The molecule has 1 saturated carbocycles. The number of nitrogens with zero attached hydrogens (tertiary/aromatic N) is 1. The van der Waals surface area contributed by atoms with E-state index in [4.69, 9.17) is 15.2 Å². The zero-order chi connectivity index (χ0) is 16.1. The van der Waals surface area contributed by atoms with Crippen molar-refractivity contribution in [2.45, 2.75) is 63.5 Å². The minimum absolute atomic E-state index is 0.131. The van der Waals surface area contributed by atoms with Gasteiger partial charge in [-0.2, -0.15) is 0 Å². The molecule has 2 heterocycles. The summed E-state index contributed by atoms with van der Waals surface area (Å²) in [5.74, 6) is 1.19. The van der Waals surface area contributed by atoms with Gasteiger partial charge in [-0.05, 0) is 50.4 Å². The van der Waals surface area contributed by atoms with Gasteiger partial charge in [0.1, 0.15) is 0 Å². The molecule has 2 N–H and O–H groups in total. The fraction of sp³-hybridized carbons (Fsp3) is 0.944. The summed E-state index contributed by atoms with van der Waals surface area (Å²) in [7, 11) is 0. The van der Waals surface area contributed by atoms with E-state index < -0.39 is 0 Å². The second kappa shape index (κ2) is 8.45. The summed E-state index contributed by atoms with van der Waals surface area (Å²) in [6, 6.07) is -0.352. The molecular weight excluding hydrogens is 292 g/mol. The maximum atomic E-state index is 12.6. The van der Waals surface area contributed by atoms with Crippen LogP contribution in [-0.2, 0) is 14.3 Å². The van der Waals surface area contributed by atoms with Gasteiger partial charge in [0.05, 0.1) is 12.1 Å². The molecule has 0 aromatic heterocycles. The quantitative estimate of drug-likeness (QED) is 0.839. The van der Waals surface area contributed by atoms with E-state index in [0.717, 1.165) is 64.5 Å². The first kappa shape index (κ1) is 17.2. The molecule has 23 heavy (non-hydrogen) atoms. The third kappa shape index (κ3) is 4.68. The molecule has 3 fully saturated rings. The van der Waals surface area contributed by atoms with Crippen molar-refractivity contribution in [1.82, 2.24) is 4.90 Å². The molecule has 0 aromatic carbocycles. The molecule has 2 aliphatic heterocycles. The van der Waals surface area contributed by atoms with E-state index in [2.05, 4.69) is 0 Å². The Morgan fingerprint density at radius 3 is 2.39 bits per heavy atom. The van der Waals surface area contributed by atoms with Gasteiger partial charge in [-0.1, -0.05) is 12.8 Å². The Balaban J connectivity index is 1.38. The van der Waals surface area contributed by atoms with E-state index in [0.29, 0.717) is 6.10 Å². The third-order valence-corrected chi connectivity index (χ3v) is 5.86. The zero-order valence-electron chi connectivity index (χ0n) is 14.3. The fourth-order valence-corrected chi connectivity index (χ4v) is 4.18. The van der Waals surface area contributed by atoms with Crippen LogP contribution in [0.15, 0.2) is 0 Å². The number of carbonyl (C=O) groups excluding carboxylic acids is 1. The van der Waals surface area contributed by atoms with Crippen LogP contribution in [0.3, 0.4) is 0 Å². The highest BCUT2D eigenvalue weighted by Crippen LogP contribution is 2.26. The first-order valence-corrected chi connectivity index (χ1v) is 9.47. The summed E-state index contributed by atoms with van der Waals surface area (Å²) < 4.78 is 11.4.